The molecule has 0 bridgehead atoms. The molecule has 330 valence electrons. The van der Waals surface area contributed by atoms with Crippen LogP contribution < -0.4 is 9.80 Å². The van der Waals surface area contributed by atoms with Crippen molar-refractivity contribution in [2.75, 3.05) is 9.80 Å². The Morgan fingerprint density at radius 3 is 1.19 bits per heavy atom. The Kier molecular flexibility index (Phi) is 9.60. The molecule has 0 saturated carbocycles. The lowest BCUT2D eigenvalue weighted by Gasteiger charge is -2.29. The number of hydrogen-bond acceptors (Lipinski definition) is 5. The molecule has 5 nitrogen and oxygen atoms in total. The van der Waals surface area contributed by atoms with Gasteiger partial charge in [-0.2, -0.15) is 5.26 Å². The third-order valence-electron chi connectivity index (χ3n) is 13.9. The van der Waals surface area contributed by atoms with E-state index < -0.39 is 0 Å². The molecule has 13 aromatic rings. The quantitative estimate of drug-likeness (QED) is 0.152. The minimum absolute atomic E-state index is 0.390. The maximum Gasteiger partial charge on any atom is 0.157 e. The Morgan fingerprint density at radius 1 is 0.357 bits per heavy atom. The van der Waals surface area contributed by atoms with Crippen molar-refractivity contribution in [3.8, 4) is 28.3 Å². The van der Waals surface area contributed by atoms with E-state index in [0.717, 1.165) is 99.5 Å². The van der Waals surface area contributed by atoms with E-state index >= 15 is 0 Å². The number of nitrogens with zero attached hydrogens (tertiary/aromatic N) is 3. The predicted octanol–water partition coefficient (Wildman–Crippen LogP) is 18.6. The second kappa shape index (κ2) is 16.4. The Balaban J connectivity index is 0.938. The van der Waals surface area contributed by atoms with E-state index in [4.69, 9.17) is 8.83 Å². The van der Waals surface area contributed by atoms with Gasteiger partial charge >= 0.3 is 0 Å². The molecule has 0 spiro atoms. The van der Waals surface area contributed by atoms with Gasteiger partial charge in [0.25, 0.3) is 0 Å². The third-order valence-corrected chi connectivity index (χ3v) is 13.9. The number of para-hydroxylation sites is 4. The number of aryl methyl sites for hydroxylation is 2. The van der Waals surface area contributed by atoms with Crippen molar-refractivity contribution in [3.63, 3.8) is 0 Å². The zero-order valence-corrected chi connectivity index (χ0v) is 38.5. The summed E-state index contributed by atoms with van der Waals surface area (Å²) in [6, 6.07) is 81.8. The van der Waals surface area contributed by atoms with Gasteiger partial charge in [0.2, 0.25) is 0 Å². The van der Waals surface area contributed by atoms with Crippen LogP contribution in [-0.4, -0.2) is 0 Å². The van der Waals surface area contributed by atoms with Crippen LogP contribution in [0.15, 0.2) is 233 Å². The number of rotatable bonds is 8. The number of furan rings is 2. The van der Waals surface area contributed by atoms with Gasteiger partial charge in [0, 0.05) is 55.4 Å². The van der Waals surface area contributed by atoms with Crippen LogP contribution in [0.1, 0.15) is 16.7 Å². The maximum absolute atomic E-state index is 10.9. The molecule has 0 saturated heterocycles. The van der Waals surface area contributed by atoms with E-state index in [1.807, 2.05) is 0 Å². The smallest absolute Gasteiger partial charge is 0.157 e. The van der Waals surface area contributed by atoms with E-state index in [0.29, 0.717) is 27.9 Å². The molecule has 0 amide bonds. The lowest BCUT2D eigenvalue weighted by atomic mass is 9.99. The van der Waals surface area contributed by atoms with Crippen LogP contribution in [0.4, 0.5) is 34.1 Å². The van der Waals surface area contributed by atoms with Crippen molar-refractivity contribution in [2.45, 2.75) is 13.8 Å². The Hall–Kier alpha value is -9.37. The van der Waals surface area contributed by atoms with Crippen molar-refractivity contribution >= 4 is 99.5 Å². The second-order valence-corrected chi connectivity index (χ2v) is 18.1. The fraction of sp³-hybridized carbons (Fsp3) is 0.0308. The molecule has 0 aliphatic carbocycles. The number of nitriles is 1. The molecule has 0 N–H and O–H groups in total. The highest BCUT2D eigenvalue weighted by molar-refractivity contribution is 6.21. The molecular weight excluding hydrogens is 855 g/mol. The molecule has 0 atom stereocenters. The van der Waals surface area contributed by atoms with Gasteiger partial charge in [0.05, 0.1) is 11.4 Å². The number of anilines is 6. The van der Waals surface area contributed by atoms with Gasteiger partial charge in [-0.05, 0) is 137 Å². The predicted molar refractivity (Wildman–Crippen MR) is 290 cm³/mol. The average Bonchev–Trinajstić information content (AvgIpc) is 3.95. The highest BCUT2D eigenvalue weighted by atomic mass is 16.3. The maximum atomic E-state index is 10.9. The molecule has 11 aromatic carbocycles. The van der Waals surface area contributed by atoms with Crippen molar-refractivity contribution in [1.29, 1.82) is 5.26 Å². The molecule has 0 fully saturated rings. The first-order valence-corrected chi connectivity index (χ1v) is 23.6. The Morgan fingerprint density at radius 2 is 0.757 bits per heavy atom. The fourth-order valence-electron chi connectivity index (χ4n) is 10.5. The van der Waals surface area contributed by atoms with E-state index in [1.54, 1.807) is 0 Å². The number of hydrogen-bond donors (Lipinski definition) is 0. The monoisotopic (exact) mass is 897 g/mol. The summed E-state index contributed by atoms with van der Waals surface area (Å²) in [6.07, 6.45) is 0. The fourth-order valence-corrected chi connectivity index (χ4v) is 10.5. The minimum atomic E-state index is 0.390. The van der Waals surface area contributed by atoms with Gasteiger partial charge in [0.15, 0.2) is 11.2 Å². The van der Waals surface area contributed by atoms with Gasteiger partial charge in [-0.15, -0.1) is 0 Å². The first-order chi connectivity index (χ1) is 34.5. The molecule has 70 heavy (non-hydrogen) atoms. The summed E-state index contributed by atoms with van der Waals surface area (Å²) in [4.78, 5) is 4.70. The Labute approximate surface area is 404 Å². The SMILES string of the molecule is Cc1ccccc1N(c1ccc2cc3c(cc2c1)oc1c(C#N)c2oc4cc5cc(N(c6ccccc6C)c6ccccc6-c6ccccc6)ccc5cc4c2cc13)c1ccccc1-c1ccccc1. The van der Waals surface area contributed by atoms with Gasteiger partial charge in [-0.1, -0.05) is 146 Å². The number of benzene rings is 11. The molecule has 0 radical (unpaired) electrons. The van der Waals surface area contributed by atoms with Crippen LogP contribution in [0, 0.1) is 25.2 Å². The van der Waals surface area contributed by atoms with Crippen molar-refractivity contribution in [3.05, 3.63) is 241 Å². The normalized spacial score (nSPS) is 11.6. The summed E-state index contributed by atoms with van der Waals surface area (Å²) in [7, 11) is 0. The first kappa shape index (κ1) is 40.9. The molecule has 2 aromatic heterocycles. The third kappa shape index (κ3) is 6.69. The molecular formula is C65H43N3O2. The summed E-state index contributed by atoms with van der Waals surface area (Å²) >= 11 is 0. The van der Waals surface area contributed by atoms with Crippen LogP contribution in [0.3, 0.4) is 0 Å². The van der Waals surface area contributed by atoms with Gasteiger partial charge in [-0.3, -0.25) is 0 Å². The van der Waals surface area contributed by atoms with Crippen molar-refractivity contribution in [2.24, 2.45) is 0 Å². The van der Waals surface area contributed by atoms with Gasteiger partial charge in [0.1, 0.15) is 22.8 Å². The molecule has 0 unspecified atom stereocenters. The number of fused-ring (bicyclic) bond motifs is 8. The van der Waals surface area contributed by atoms with Crippen LogP contribution in [0.5, 0.6) is 0 Å². The summed E-state index contributed by atoms with van der Waals surface area (Å²) in [6.45, 7) is 4.32. The molecule has 2 heterocycles. The standard InChI is InChI=1S/C65H43N3O2/c1-41-17-9-13-25-58(41)67(60-27-15-11-23-51(60)43-19-5-3-6-20-43)49-31-29-45-35-53-55-39-56-54-36-46-30-32-50(34-48(46)38-63(54)70-65(56)57(40-66)64(55)69-62(53)37-47(45)33-49)68(59-26-14-10-18-42(59)2)61-28-16-12-24-52(61)44-21-7-4-8-22-44/h3-39H,1-2H3. The van der Waals surface area contributed by atoms with Crippen LogP contribution in [-0.2, 0) is 0 Å². The summed E-state index contributed by atoms with van der Waals surface area (Å²) < 4.78 is 13.4. The topological polar surface area (TPSA) is 56.6 Å². The minimum Gasteiger partial charge on any atom is -0.454 e. The van der Waals surface area contributed by atoms with Crippen LogP contribution in [0.25, 0.3) is 87.7 Å². The Bertz CT molecular complexity index is 3970. The first-order valence-electron chi connectivity index (χ1n) is 23.6. The van der Waals surface area contributed by atoms with Gasteiger partial charge < -0.3 is 18.6 Å². The second-order valence-electron chi connectivity index (χ2n) is 18.1. The van der Waals surface area contributed by atoms with Crippen molar-refractivity contribution in [1.82, 2.24) is 0 Å². The highest BCUT2D eigenvalue weighted by Crippen LogP contribution is 2.47. The molecule has 5 heteroatoms. The molecule has 13 rings (SSSR count). The van der Waals surface area contributed by atoms with Gasteiger partial charge in [-0.25, -0.2) is 0 Å². The zero-order valence-electron chi connectivity index (χ0n) is 38.5. The largest absolute Gasteiger partial charge is 0.454 e. The van der Waals surface area contributed by atoms with E-state index in [2.05, 4.69) is 254 Å². The van der Waals surface area contributed by atoms with Crippen LogP contribution >= 0.6 is 0 Å². The highest BCUT2D eigenvalue weighted by Gasteiger charge is 2.24. The summed E-state index contributed by atoms with van der Waals surface area (Å²) in [5.41, 5.74) is 16.2. The lowest BCUT2D eigenvalue weighted by molar-refractivity contribution is 0.654. The van der Waals surface area contributed by atoms with Crippen LogP contribution in [0.2, 0.25) is 0 Å². The summed E-state index contributed by atoms with van der Waals surface area (Å²) in [5.74, 6) is 0. The molecule has 0 aliphatic rings. The van der Waals surface area contributed by atoms with E-state index in [9.17, 15) is 5.26 Å². The molecule has 0 aliphatic heterocycles. The van der Waals surface area contributed by atoms with E-state index in [-0.39, 0.29) is 0 Å². The zero-order chi connectivity index (χ0) is 46.9. The van der Waals surface area contributed by atoms with Crippen molar-refractivity contribution < 1.29 is 8.83 Å². The summed E-state index contributed by atoms with van der Waals surface area (Å²) in [5, 5.41) is 18.7. The average molecular weight is 898 g/mol. The lowest BCUT2D eigenvalue weighted by Crippen LogP contribution is -2.12. The van der Waals surface area contributed by atoms with E-state index in [1.165, 1.54) is 11.1 Å².